The second-order valence-electron chi connectivity index (χ2n) is 5.96. The third-order valence-corrected chi connectivity index (χ3v) is 4.02. The Labute approximate surface area is 141 Å². The highest BCUT2D eigenvalue weighted by Crippen LogP contribution is 2.27. The largest absolute Gasteiger partial charge is 0.396 e. The molecule has 0 atom stereocenters. The van der Waals surface area contributed by atoms with Crippen molar-refractivity contribution in [1.29, 1.82) is 0 Å². The Kier molecular flexibility index (Phi) is 5.38. The molecule has 0 bridgehead atoms. The number of benzene rings is 1. The van der Waals surface area contributed by atoms with Gasteiger partial charge in [-0.15, -0.1) is 10.2 Å². The first kappa shape index (κ1) is 16.4. The van der Waals surface area contributed by atoms with Gasteiger partial charge < -0.3 is 10.0 Å². The van der Waals surface area contributed by atoms with Gasteiger partial charge in [0.25, 0.3) is 0 Å². The molecular weight excluding hydrogens is 304 g/mol. The molecule has 0 saturated heterocycles. The number of carbonyl (C=O) groups is 1. The number of anilines is 1. The van der Waals surface area contributed by atoms with E-state index < -0.39 is 0 Å². The van der Waals surface area contributed by atoms with E-state index >= 15 is 0 Å². The Morgan fingerprint density at radius 3 is 2.54 bits per heavy atom. The maximum absolute atomic E-state index is 12.4. The van der Waals surface area contributed by atoms with E-state index in [1.54, 1.807) is 6.07 Å². The molecule has 1 aromatic heterocycles. The van der Waals surface area contributed by atoms with E-state index in [0.29, 0.717) is 24.8 Å². The first-order valence-electron chi connectivity index (χ1n) is 8.35. The number of rotatable bonds is 7. The number of nitrogens with zero attached hydrogens (tertiary/aromatic N) is 3. The smallest absolute Gasteiger partial charge is 0.323 e. The van der Waals surface area contributed by atoms with Gasteiger partial charge in [0.05, 0.1) is 5.69 Å². The Hall–Kier alpha value is -2.47. The molecule has 1 saturated carbocycles. The number of amides is 2. The maximum atomic E-state index is 12.4. The van der Waals surface area contributed by atoms with Crippen LogP contribution in [0.1, 0.15) is 25.7 Å². The van der Waals surface area contributed by atoms with E-state index in [9.17, 15) is 4.79 Å². The molecule has 24 heavy (non-hydrogen) atoms. The van der Waals surface area contributed by atoms with Crippen molar-refractivity contribution in [2.24, 2.45) is 0 Å². The summed E-state index contributed by atoms with van der Waals surface area (Å²) in [7, 11) is 0. The Morgan fingerprint density at radius 2 is 1.92 bits per heavy atom. The van der Waals surface area contributed by atoms with E-state index in [1.165, 1.54) is 0 Å². The molecule has 2 amide bonds. The summed E-state index contributed by atoms with van der Waals surface area (Å²) in [5.74, 6) is 0.451. The zero-order valence-electron chi connectivity index (χ0n) is 13.6. The van der Waals surface area contributed by atoms with Crippen LogP contribution in [0.5, 0.6) is 0 Å². The minimum absolute atomic E-state index is 0.141. The summed E-state index contributed by atoms with van der Waals surface area (Å²) in [6.45, 7) is 0.819. The summed E-state index contributed by atoms with van der Waals surface area (Å²) < 4.78 is 0. The first-order chi connectivity index (χ1) is 11.8. The van der Waals surface area contributed by atoms with Crippen LogP contribution in [0.3, 0.4) is 0 Å². The van der Waals surface area contributed by atoms with Gasteiger partial charge in [0.2, 0.25) is 0 Å². The number of carbonyl (C=O) groups excluding carboxylic acids is 1. The van der Waals surface area contributed by atoms with Gasteiger partial charge in [0.15, 0.2) is 5.82 Å². The molecule has 1 fully saturated rings. The molecular formula is C18H22N4O2. The standard InChI is InChI=1S/C18H22N4O2/c23-13-5-4-12-22(15-8-9-15)18(24)19-17-11-10-16(20-21-17)14-6-2-1-3-7-14/h1-3,6-7,10-11,15,23H,4-5,8-9,12-13H2,(H,19,21,24). The fraction of sp³-hybridized carbons (Fsp3) is 0.389. The molecule has 1 heterocycles. The predicted octanol–water partition coefficient (Wildman–Crippen LogP) is 2.91. The molecule has 126 valence electrons. The molecule has 6 heteroatoms. The summed E-state index contributed by atoms with van der Waals surface area (Å²) in [6, 6.07) is 13.6. The van der Waals surface area contributed by atoms with Crippen LogP contribution in [0.2, 0.25) is 0 Å². The van der Waals surface area contributed by atoms with Gasteiger partial charge in [0, 0.05) is 24.8 Å². The molecule has 1 aliphatic rings. The highest BCUT2D eigenvalue weighted by atomic mass is 16.3. The molecule has 0 radical (unpaired) electrons. The molecule has 2 N–H and O–H groups in total. The number of unbranched alkanes of at least 4 members (excludes halogenated alkanes) is 1. The predicted molar refractivity (Wildman–Crippen MR) is 92.5 cm³/mol. The molecule has 2 aromatic rings. The average Bonchev–Trinajstić information content (AvgIpc) is 3.45. The van der Waals surface area contributed by atoms with Crippen molar-refractivity contribution in [3.8, 4) is 11.3 Å². The maximum Gasteiger partial charge on any atom is 0.323 e. The highest BCUT2D eigenvalue weighted by molar-refractivity contribution is 5.88. The Bertz CT molecular complexity index is 656. The van der Waals surface area contributed by atoms with Crippen LogP contribution in [-0.2, 0) is 0 Å². The lowest BCUT2D eigenvalue weighted by Crippen LogP contribution is -2.37. The molecule has 1 aliphatic carbocycles. The quantitative estimate of drug-likeness (QED) is 0.767. The first-order valence-corrected chi connectivity index (χ1v) is 8.35. The van der Waals surface area contributed by atoms with Gasteiger partial charge in [-0.1, -0.05) is 30.3 Å². The molecule has 0 aliphatic heterocycles. The van der Waals surface area contributed by atoms with Crippen LogP contribution in [0.25, 0.3) is 11.3 Å². The minimum atomic E-state index is -0.141. The van der Waals surface area contributed by atoms with E-state index in [0.717, 1.165) is 30.5 Å². The van der Waals surface area contributed by atoms with Gasteiger partial charge in [-0.2, -0.15) is 0 Å². The van der Waals surface area contributed by atoms with E-state index in [1.807, 2.05) is 41.3 Å². The lowest BCUT2D eigenvalue weighted by molar-refractivity contribution is 0.204. The summed E-state index contributed by atoms with van der Waals surface area (Å²) in [6.07, 6.45) is 3.61. The number of urea groups is 1. The second-order valence-corrected chi connectivity index (χ2v) is 5.96. The molecule has 3 rings (SSSR count). The van der Waals surface area contributed by atoms with Gasteiger partial charge in [-0.3, -0.25) is 5.32 Å². The van der Waals surface area contributed by atoms with Crippen molar-refractivity contribution in [2.45, 2.75) is 31.7 Å². The number of nitrogens with one attached hydrogen (secondary N) is 1. The van der Waals surface area contributed by atoms with Crippen molar-refractivity contribution in [3.05, 3.63) is 42.5 Å². The van der Waals surface area contributed by atoms with Crippen molar-refractivity contribution in [3.63, 3.8) is 0 Å². The number of aliphatic hydroxyl groups is 1. The van der Waals surface area contributed by atoms with Crippen LogP contribution in [0.15, 0.2) is 42.5 Å². The van der Waals surface area contributed by atoms with Crippen LogP contribution in [0, 0.1) is 0 Å². The molecule has 6 nitrogen and oxygen atoms in total. The lowest BCUT2D eigenvalue weighted by atomic mass is 10.1. The van der Waals surface area contributed by atoms with Crippen molar-refractivity contribution < 1.29 is 9.90 Å². The summed E-state index contributed by atoms with van der Waals surface area (Å²) >= 11 is 0. The van der Waals surface area contributed by atoms with E-state index in [2.05, 4.69) is 15.5 Å². The van der Waals surface area contributed by atoms with Crippen molar-refractivity contribution in [2.75, 3.05) is 18.5 Å². The third kappa shape index (κ3) is 4.29. The normalized spacial score (nSPS) is 13.5. The number of hydrogen-bond donors (Lipinski definition) is 2. The Morgan fingerprint density at radius 1 is 1.12 bits per heavy atom. The van der Waals surface area contributed by atoms with Gasteiger partial charge >= 0.3 is 6.03 Å². The van der Waals surface area contributed by atoms with E-state index in [-0.39, 0.29) is 12.6 Å². The molecule has 0 spiro atoms. The third-order valence-electron chi connectivity index (χ3n) is 4.02. The van der Waals surface area contributed by atoms with Gasteiger partial charge in [-0.25, -0.2) is 4.79 Å². The highest BCUT2D eigenvalue weighted by Gasteiger charge is 2.32. The fourth-order valence-corrected chi connectivity index (χ4v) is 2.57. The minimum Gasteiger partial charge on any atom is -0.396 e. The topological polar surface area (TPSA) is 78.4 Å². The van der Waals surface area contributed by atoms with Crippen molar-refractivity contribution >= 4 is 11.8 Å². The van der Waals surface area contributed by atoms with Gasteiger partial charge in [-0.05, 0) is 37.8 Å². The Balaban J connectivity index is 1.61. The number of aliphatic hydroxyl groups excluding tert-OH is 1. The van der Waals surface area contributed by atoms with E-state index in [4.69, 9.17) is 5.11 Å². The zero-order chi connectivity index (χ0) is 16.8. The molecule has 1 aromatic carbocycles. The number of aromatic nitrogens is 2. The van der Waals surface area contributed by atoms with Gasteiger partial charge in [0.1, 0.15) is 0 Å². The second kappa shape index (κ2) is 7.88. The number of hydrogen-bond acceptors (Lipinski definition) is 4. The summed E-state index contributed by atoms with van der Waals surface area (Å²) in [5, 5.41) is 20.0. The fourth-order valence-electron chi connectivity index (χ4n) is 2.57. The van der Waals surface area contributed by atoms with Crippen molar-refractivity contribution in [1.82, 2.24) is 15.1 Å². The van der Waals surface area contributed by atoms with Crippen LogP contribution in [0.4, 0.5) is 10.6 Å². The summed E-state index contributed by atoms with van der Waals surface area (Å²) in [4.78, 5) is 14.3. The molecule has 0 unspecified atom stereocenters. The summed E-state index contributed by atoms with van der Waals surface area (Å²) in [5.41, 5.74) is 1.77. The SMILES string of the molecule is O=C(Nc1ccc(-c2ccccc2)nn1)N(CCCCO)C1CC1. The zero-order valence-corrected chi connectivity index (χ0v) is 13.6. The average molecular weight is 326 g/mol. The lowest BCUT2D eigenvalue weighted by Gasteiger charge is -2.22. The van der Waals surface area contributed by atoms with Crippen LogP contribution in [-0.4, -0.2) is 45.4 Å². The van der Waals surface area contributed by atoms with Crippen LogP contribution < -0.4 is 5.32 Å². The van der Waals surface area contributed by atoms with Crippen LogP contribution >= 0.6 is 0 Å². The monoisotopic (exact) mass is 326 g/mol.